The normalized spacial score (nSPS) is 19.0. The molecule has 0 spiro atoms. The lowest BCUT2D eigenvalue weighted by Gasteiger charge is -2.29. The molecule has 2 N–H and O–H groups in total. The zero-order chi connectivity index (χ0) is 22.1. The Hall–Kier alpha value is -3.41. The van der Waals surface area contributed by atoms with Crippen molar-refractivity contribution < 1.29 is 24.5 Å². The summed E-state index contributed by atoms with van der Waals surface area (Å²) in [5.74, 6) is -1.28. The monoisotopic (exact) mass is 428 g/mol. The minimum Gasteiger partial charge on any atom is -0.475 e. The van der Waals surface area contributed by atoms with Gasteiger partial charge in [-0.2, -0.15) is 0 Å². The fraction of sp³-hybridized carbons (Fsp3) is 0.222. The number of carbonyl (C=O) groups is 1. The third kappa shape index (κ3) is 3.93. The Morgan fingerprint density at radius 2 is 1.72 bits per heavy atom. The second-order valence-electron chi connectivity index (χ2n) is 8.22. The van der Waals surface area contributed by atoms with Crippen LogP contribution in [0.3, 0.4) is 0 Å². The van der Waals surface area contributed by atoms with Gasteiger partial charge in [0.1, 0.15) is 0 Å². The van der Waals surface area contributed by atoms with Crippen LogP contribution >= 0.6 is 0 Å². The predicted octanol–water partition coefficient (Wildman–Crippen LogP) is 4.77. The van der Waals surface area contributed by atoms with Gasteiger partial charge in [-0.05, 0) is 51.4 Å². The van der Waals surface area contributed by atoms with E-state index in [1.165, 1.54) is 22.3 Å². The molecule has 2 atom stereocenters. The van der Waals surface area contributed by atoms with Crippen molar-refractivity contribution >= 4 is 5.97 Å². The molecule has 1 aliphatic carbocycles. The van der Waals surface area contributed by atoms with Crippen molar-refractivity contribution in [1.29, 1.82) is 0 Å². The van der Waals surface area contributed by atoms with Crippen molar-refractivity contribution in [1.82, 2.24) is 0 Å². The number of allylic oxidation sites excluding steroid dienone is 1. The maximum atomic E-state index is 11.8. The Morgan fingerprint density at radius 3 is 2.50 bits per heavy atom. The predicted molar refractivity (Wildman–Crippen MR) is 120 cm³/mol. The van der Waals surface area contributed by atoms with E-state index in [2.05, 4.69) is 36.4 Å². The molecule has 0 saturated heterocycles. The number of carboxylic acid groups (broad SMARTS) is 1. The van der Waals surface area contributed by atoms with Crippen LogP contribution in [-0.2, 0) is 33.9 Å². The van der Waals surface area contributed by atoms with E-state index in [4.69, 9.17) is 9.47 Å². The number of ether oxygens (including phenoxy) is 2. The number of aliphatic carboxylic acids is 1. The van der Waals surface area contributed by atoms with Gasteiger partial charge in [0.05, 0.1) is 13.2 Å². The number of rotatable bonds is 6. The molecule has 5 rings (SSSR count). The van der Waals surface area contributed by atoms with Gasteiger partial charge in [0.25, 0.3) is 0 Å². The Labute approximate surface area is 186 Å². The highest BCUT2D eigenvalue weighted by Crippen LogP contribution is 2.42. The summed E-state index contributed by atoms with van der Waals surface area (Å²) in [5, 5.41) is 18.8. The van der Waals surface area contributed by atoms with Gasteiger partial charge in [-0.1, -0.05) is 66.7 Å². The molecule has 5 heteroatoms. The summed E-state index contributed by atoms with van der Waals surface area (Å²) in [4.78, 5) is 11.8. The largest absolute Gasteiger partial charge is 0.475 e. The zero-order valence-electron chi connectivity index (χ0n) is 17.5. The fourth-order valence-electron chi connectivity index (χ4n) is 4.59. The Morgan fingerprint density at radius 1 is 0.969 bits per heavy atom. The van der Waals surface area contributed by atoms with Gasteiger partial charge >= 0.3 is 5.97 Å². The summed E-state index contributed by atoms with van der Waals surface area (Å²) >= 11 is 0. The molecule has 0 fully saturated rings. The van der Waals surface area contributed by atoms with Crippen LogP contribution in [0.25, 0.3) is 11.1 Å². The van der Waals surface area contributed by atoms with E-state index < -0.39 is 12.3 Å². The maximum Gasteiger partial charge on any atom is 0.370 e. The molecule has 0 saturated carbocycles. The van der Waals surface area contributed by atoms with Gasteiger partial charge in [-0.3, -0.25) is 0 Å². The first-order chi connectivity index (χ1) is 15.6. The molecule has 0 amide bonds. The molecular formula is C27H24O5. The Balaban J connectivity index is 1.39. The maximum absolute atomic E-state index is 11.8. The van der Waals surface area contributed by atoms with E-state index >= 15 is 0 Å². The number of aliphatic hydroxyl groups is 1. The van der Waals surface area contributed by atoms with Crippen molar-refractivity contribution in [3.8, 4) is 11.1 Å². The molecule has 3 aromatic rings. The molecule has 2 aliphatic rings. The second-order valence-corrected chi connectivity index (χ2v) is 8.22. The van der Waals surface area contributed by atoms with E-state index in [0.717, 1.165) is 23.1 Å². The van der Waals surface area contributed by atoms with Gasteiger partial charge in [0.2, 0.25) is 12.0 Å². The molecular weight excluding hydrogens is 404 g/mol. The molecule has 5 nitrogen and oxygen atoms in total. The molecule has 32 heavy (non-hydrogen) atoms. The zero-order valence-corrected chi connectivity index (χ0v) is 17.5. The summed E-state index contributed by atoms with van der Waals surface area (Å²) in [5.41, 5.74) is 7.90. The average molecular weight is 428 g/mol. The standard InChI is InChI=1S/C27H24O5/c28-15-17-8-10-18(11-9-17)16-31-26-14-20(13-25(32-26)27(29)30)22-6-3-7-23-21-5-2-1-4-19(21)12-24(22)23/h1-11,13,20,26,28H,12,14-16H2,(H,29,30)/t20-,26+/m0/s1. The van der Waals surface area contributed by atoms with Gasteiger partial charge in [-0.15, -0.1) is 0 Å². The molecule has 3 aromatic carbocycles. The van der Waals surface area contributed by atoms with E-state index in [0.29, 0.717) is 13.0 Å². The lowest BCUT2D eigenvalue weighted by molar-refractivity contribution is -0.160. The van der Waals surface area contributed by atoms with E-state index in [1.807, 2.05) is 30.3 Å². The number of aliphatic hydroxyl groups excluding tert-OH is 1. The van der Waals surface area contributed by atoms with Gasteiger partial charge < -0.3 is 19.7 Å². The smallest absolute Gasteiger partial charge is 0.370 e. The van der Waals surface area contributed by atoms with Crippen LogP contribution in [0.5, 0.6) is 0 Å². The number of fused-ring (bicyclic) bond motifs is 3. The quantitative estimate of drug-likeness (QED) is 0.463. The molecule has 1 heterocycles. The summed E-state index contributed by atoms with van der Waals surface area (Å²) < 4.78 is 11.6. The van der Waals surface area contributed by atoms with Crippen LogP contribution in [-0.4, -0.2) is 22.5 Å². The van der Waals surface area contributed by atoms with Crippen molar-refractivity contribution in [3.05, 3.63) is 106 Å². The van der Waals surface area contributed by atoms with Crippen LogP contribution in [0.2, 0.25) is 0 Å². The van der Waals surface area contributed by atoms with Gasteiger partial charge in [0.15, 0.2) is 0 Å². The molecule has 0 aromatic heterocycles. The van der Waals surface area contributed by atoms with Gasteiger partial charge in [-0.25, -0.2) is 4.79 Å². The third-order valence-electron chi connectivity index (χ3n) is 6.20. The lowest BCUT2D eigenvalue weighted by atomic mass is 9.87. The summed E-state index contributed by atoms with van der Waals surface area (Å²) in [6, 6.07) is 22.1. The number of carboxylic acids is 1. The molecule has 0 unspecified atom stereocenters. The molecule has 0 bridgehead atoms. The first-order valence-corrected chi connectivity index (χ1v) is 10.7. The van der Waals surface area contributed by atoms with Crippen LogP contribution in [0.1, 0.15) is 40.2 Å². The summed E-state index contributed by atoms with van der Waals surface area (Å²) in [7, 11) is 0. The molecule has 0 radical (unpaired) electrons. The van der Waals surface area contributed by atoms with Crippen LogP contribution in [0, 0.1) is 0 Å². The Bertz CT molecular complexity index is 1180. The second kappa shape index (κ2) is 8.61. The van der Waals surface area contributed by atoms with E-state index in [1.54, 1.807) is 6.08 Å². The fourth-order valence-corrected chi connectivity index (χ4v) is 4.59. The number of hydrogen-bond donors (Lipinski definition) is 2. The Kier molecular flexibility index (Phi) is 5.52. The average Bonchev–Trinajstić information content (AvgIpc) is 3.21. The van der Waals surface area contributed by atoms with E-state index in [-0.39, 0.29) is 18.3 Å². The highest BCUT2D eigenvalue weighted by Gasteiger charge is 2.31. The van der Waals surface area contributed by atoms with Crippen LogP contribution < -0.4 is 0 Å². The van der Waals surface area contributed by atoms with Crippen molar-refractivity contribution in [2.24, 2.45) is 0 Å². The number of benzene rings is 3. The van der Waals surface area contributed by atoms with Gasteiger partial charge in [0, 0.05) is 12.3 Å². The third-order valence-corrected chi connectivity index (χ3v) is 6.20. The highest BCUT2D eigenvalue weighted by atomic mass is 16.7. The van der Waals surface area contributed by atoms with Crippen molar-refractivity contribution in [3.63, 3.8) is 0 Å². The summed E-state index contributed by atoms with van der Waals surface area (Å²) in [6.45, 7) is 0.293. The summed E-state index contributed by atoms with van der Waals surface area (Å²) in [6.07, 6.45) is 2.43. The first kappa shape index (κ1) is 20.5. The molecule has 1 aliphatic heterocycles. The minimum absolute atomic E-state index is 0.00736. The van der Waals surface area contributed by atoms with E-state index in [9.17, 15) is 15.0 Å². The minimum atomic E-state index is -1.09. The SMILES string of the molecule is O=C(O)C1=C[C@H](c2cccc3c2Cc2ccccc2-3)C[C@H](OCc2ccc(CO)cc2)O1. The van der Waals surface area contributed by atoms with Crippen LogP contribution in [0.4, 0.5) is 0 Å². The topological polar surface area (TPSA) is 76.0 Å². The highest BCUT2D eigenvalue weighted by molar-refractivity contribution is 5.85. The van der Waals surface area contributed by atoms with Crippen molar-refractivity contribution in [2.75, 3.05) is 0 Å². The van der Waals surface area contributed by atoms with Crippen molar-refractivity contribution in [2.45, 2.75) is 38.3 Å². The number of hydrogen-bond acceptors (Lipinski definition) is 4. The molecule has 162 valence electrons. The van der Waals surface area contributed by atoms with Crippen LogP contribution in [0.15, 0.2) is 78.6 Å². The first-order valence-electron chi connectivity index (χ1n) is 10.7. The lowest BCUT2D eigenvalue weighted by Crippen LogP contribution is -2.27.